The van der Waals surface area contributed by atoms with Crippen LogP contribution in [0.2, 0.25) is 0 Å². The number of esters is 1. The van der Waals surface area contributed by atoms with Crippen LogP contribution >= 0.6 is 0 Å². The summed E-state index contributed by atoms with van der Waals surface area (Å²) in [5.74, 6) is -0.530. The van der Waals surface area contributed by atoms with Crippen LogP contribution in [0.5, 0.6) is 17.2 Å². The molecule has 0 unspecified atom stereocenters. The van der Waals surface area contributed by atoms with E-state index >= 15 is 0 Å². The molecule has 2 aromatic rings. The van der Waals surface area contributed by atoms with Gasteiger partial charge in [-0.05, 0) is 24.3 Å². The minimum absolute atomic E-state index is 0.0613. The minimum atomic E-state index is -3.57. The Morgan fingerprint density at radius 1 is 0.903 bits per heavy atom. The highest BCUT2D eigenvalue weighted by Crippen LogP contribution is 2.34. The van der Waals surface area contributed by atoms with Crippen LogP contribution < -0.4 is 19.5 Å². The molecule has 0 aliphatic rings. The van der Waals surface area contributed by atoms with Crippen LogP contribution in [0.4, 0.5) is 5.69 Å². The molecule has 0 saturated heterocycles. The zero-order chi connectivity index (χ0) is 23.2. The number of hydrogen-bond donors (Lipinski definition) is 1. The lowest BCUT2D eigenvalue weighted by Gasteiger charge is -2.14. The fourth-order valence-electron chi connectivity index (χ4n) is 2.52. The van der Waals surface area contributed by atoms with Crippen molar-refractivity contribution in [1.29, 1.82) is 0 Å². The van der Waals surface area contributed by atoms with Gasteiger partial charge in [-0.25, -0.2) is 17.5 Å². The van der Waals surface area contributed by atoms with E-state index in [0.717, 1.165) is 4.31 Å². The van der Waals surface area contributed by atoms with E-state index in [1.54, 1.807) is 0 Å². The van der Waals surface area contributed by atoms with Gasteiger partial charge in [-0.1, -0.05) is 0 Å². The predicted octanol–water partition coefficient (Wildman–Crippen LogP) is 1.76. The van der Waals surface area contributed by atoms with Crippen molar-refractivity contribution in [3.63, 3.8) is 0 Å². The molecule has 31 heavy (non-hydrogen) atoms. The summed E-state index contributed by atoms with van der Waals surface area (Å²) in [5.41, 5.74) is 0.411. The molecule has 0 fully saturated rings. The van der Waals surface area contributed by atoms with Gasteiger partial charge in [-0.3, -0.25) is 4.79 Å². The van der Waals surface area contributed by atoms with Crippen LogP contribution in [0.25, 0.3) is 0 Å². The summed E-state index contributed by atoms with van der Waals surface area (Å²) in [6, 6.07) is 8.47. The molecular formula is C20H24N2O8S. The zero-order valence-corrected chi connectivity index (χ0v) is 18.6. The number of ether oxygens (including phenoxy) is 4. The highest BCUT2D eigenvalue weighted by molar-refractivity contribution is 7.89. The molecule has 10 nitrogen and oxygen atoms in total. The number of sulfonamides is 1. The van der Waals surface area contributed by atoms with E-state index in [-0.39, 0.29) is 16.2 Å². The van der Waals surface area contributed by atoms with Crippen LogP contribution in [-0.2, 0) is 19.6 Å². The van der Waals surface area contributed by atoms with E-state index < -0.39 is 28.5 Å². The Balaban J connectivity index is 2.04. The third-order valence-corrected chi connectivity index (χ3v) is 6.01. The van der Waals surface area contributed by atoms with Crippen LogP contribution in [0.3, 0.4) is 0 Å². The van der Waals surface area contributed by atoms with Crippen molar-refractivity contribution in [2.45, 2.75) is 4.90 Å². The summed E-state index contributed by atoms with van der Waals surface area (Å²) in [6.45, 7) is -0.561. The molecule has 2 rings (SSSR count). The van der Waals surface area contributed by atoms with E-state index in [4.69, 9.17) is 18.9 Å². The summed E-state index contributed by atoms with van der Waals surface area (Å²) < 4.78 is 45.8. The average molecular weight is 452 g/mol. The standard InChI is InChI=1S/C20H24N2O8S/c1-22(2)31(25,26)14-8-6-13(7-9-14)21-19(23)12-30-20(24)15-10-17(28-4)18(29-5)11-16(15)27-3/h6-11H,12H2,1-5H3,(H,21,23). The third kappa shape index (κ3) is 5.64. The molecule has 0 saturated carbocycles. The summed E-state index contributed by atoms with van der Waals surface area (Å²) in [7, 11) is 3.52. The summed E-state index contributed by atoms with van der Waals surface area (Å²) in [4.78, 5) is 24.6. The van der Waals surface area contributed by atoms with Crippen molar-refractivity contribution in [3.05, 3.63) is 42.0 Å². The lowest BCUT2D eigenvalue weighted by molar-refractivity contribution is -0.119. The first kappa shape index (κ1) is 24.0. The Bertz CT molecular complexity index is 1050. The van der Waals surface area contributed by atoms with Crippen LogP contribution in [0.1, 0.15) is 10.4 Å². The van der Waals surface area contributed by atoms with E-state index in [1.165, 1.54) is 71.8 Å². The molecule has 0 heterocycles. The number of hydrogen-bond acceptors (Lipinski definition) is 8. The molecule has 0 bridgehead atoms. The van der Waals surface area contributed by atoms with Gasteiger partial charge in [0.1, 0.15) is 11.3 Å². The first-order valence-electron chi connectivity index (χ1n) is 8.93. The van der Waals surface area contributed by atoms with Crippen molar-refractivity contribution in [2.24, 2.45) is 0 Å². The van der Waals surface area contributed by atoms with Gasteiger partial charge < -0.3 is 24.3 Å². The first-order chi connectivity index (χ1) is 14.6. The molecule has 1 amide bonds. The Labute approximate surface area is 180 Å². The summed E-state index contributed by atoms with van der Waals surface area (Å²) in [5, 5.41) is 2.53. The van der Waals surface area contributed by atoms with Gasteiger partial charge in [-0.2, -0.15) is 0 Å². The van der Waals surface area contributed by atoms with Gasteiger partial charge in [-0.15, -0.1) is 0 Å². The highest BCUT2D eigenvalue weighted by atomic mass is 32.2. The van der Waals surface area contributed by atoms with Gasteiger partial charge >= 0.3 is 5.97 Å². The minimum Gasteiger partial charge on any atom is -0.496 e. The molecule has 0 aliphatic carbocycles. The third-order valence-electron chi connectivity index (χ3n) is 4.18. The van der Waals surface area contributed by atoms with E-state index in [1.807, 2.05) is 0 Å². The summed E-state index contributed by atoms with van der Waals surface area (Å²) >= 11 is 0. The maximum absolute atomic E-state index is 12.4. The number of amides is 1. The molecule has 0 aliphatic heterocycles. The van der Waals surface area contributed by atoms with Crippen molar-refractivity contribution >= 4 is 27.6 Å². The SMILES string of the molecule is COc1cc(OC)c(C(=O)OCC(=O)Nc2ccc(S(=O)(=O)N(C)C)cc2)cc1OC. The summed E-state index contributed by atoms with van der Waals surface area (Å²) in [6.07, 6.45) is 0. The molecule has 0 atom stereocenters. The number of carbonyl (C=O) groups excluding carboxylic acids is 2. The van der Waals surface area contributed by atoms with E-state index in [9.17, 15) is 18.0 Å². The number of nitrogens with zero attached hydrogens (tertiary/aromatic N) is 1. The topological polar surface area (TPSA) is 120 Å². The number of anilines is 1. The Hall–Kier alpha value is -3.31. The van der Waals surface area contributed by atoms with Gasteiger partial charge in [0.25, 0.3) is 5.91 Å². The zero-order valence-electron chi connectivity index (χ0n) is 17.8. The Kier molecular flexibility index (Phi) is 7.83. The molecule has 1 N–H and O–H groups in total. The molecule has 0 spiro atoms. The maximum Gasteiger partial charge on any atom is 0.342 e. The highest BCUT2D eigenvalue weighted by Gasteiger charge is 2.20. The van der Waals surface area contributed by atoms with Crippen molar-refractivity contribution in [3.8, 4) is 17.2 Å². The van der Waals surface area contributed by atoms with Gasteiger partial charge in [0.15, 0.2) is 18.1 Å². The fourth-order valence-corrected chi connectivity index (χ4v) is 3.42. The first-order valence-corrected chi connectivity index (χ1v) is 10.4. The van der Waals surface area contributed by atoms with Gasteiger partial charge in [0, 0.05) is 31.9 Å². The second-order valence-corrected chi connectivity index (χ2v) is 8.50. The number of carbonyl (C=O) groups is 2. The molecule has 2 aromatic carbocycles. The predicted molar refractivity (Wildman–Crippen MR) is 112 cm³/mol. The number of rotatable bonds is 9. The number of benzene rings is 2. The van der Waals surface area contributed by atoms with Crippen LogP contribution in [-0.4, -0.2) is 66.6 Å². The smallest absolute Gasteiger partial charge is 0.342 e. The lowest BCUT2D eigenvalue weighted by Crippen LogP contribution is -2.23. The second kappa shape index (κ2) is 10.1. The van der Waals surface area contributed by atoms with Gasteiger partial charge in [0.2, 0.25) is 10.0 Å². The second-order valence-electron chi connectivity index (χ2n) is 6.34. The fraction of sp³-hybridized carbons (Fsp3) is 0.300. The number of nitrogens with one attached hydrogen (secondary N) is 1. The maximum atomic E-state index is 12.4. The Morgan fingerprint density at radius 3 is 1.97 bits per heavy atom. The monoisotopic (exact) mass is 452 g/mol. The van der Waals surface area contributed by atoms with Crippen LogP contribution in [0, 0.1) is 0 Å². The average Bonchev–Trinajstić information content (AvgIpc) is 2.76. The Morgan fingerprint density at radius 2 is 1.45 bits per heavy atom. The van der Waals surface area contributed by atoms with Crippen molar-refractivity contribution < 1.29 is 37.0 Å². The van der Waals surface area contributed by atoms with Crippen molar-refractivity contribution in [2.75, 3.05) is 47.3 Å². The van der Waals surface area contributed by atoms with E-state index in [0.29, 0.717) is 17.2 Å². The largest absolute Gasteiger partial charge is 0.496 e. The quantitative estimate of drug-likeness (QED) is 0.572. The molecular weight excluding hydrogens is 428 g/mol. The van der Waals surface area contributed by atoms with E-state index in [2.05, 4.69) is 5.32 Å². The van der Waals surface area contributed by atoms with Gasteiger partial charge in [0.05, 0.1) is 26.2 Å². The van der Waals surface area contributed by atoms with Crippen LogP contribution in [0.15, 0.2) is 41.3 Å². The lowest BCUT2D eigenvalue weighted by atomic mass is 10.1. The van der Waals surface area contributed by atoms with Crippen molar-refractivity contribution in [1.82, 2.24) is 4.31 Å². The molecule has 11 heteroatoms. The normalized spacial score (nSPS) is 11.0. The molecule has 168 valence electrons. The molecule has 0 radical (unpaired) electrons. The number of methoxy groups -OCH3 is 3. The molecule has 0 aromatic heterocycles.